The van der Waals surface area contributed by atoms with Gasteiger partial charge >= 0.3 is 0 Å². The van der Waals surface area contributed by atoms with Crippen molar-refractivity contribution in [2.45, 2.75) is 26.0 Å². The minimum Gasteiger partial charge on any atom is -0.481 e. The van der Waals surface area contributed by atoms with E-state index < -0.39 is 6.10 Å². The number of benzene rings is 1. The molecule has 1 atom stereocenters. The van der Waals surface area contributed by atoms with Crippen molar-refractivity contribution in [3.63, 3.8) is 0 Å². The molecule has 8 nitrogen and oxygen atoms in total. The summed E-state index contributed by atoms with van der Waals surface area (Å²) in [5.41, 5.74) is 1.13. The Morgan fingerprint density at radius 1 is 1.24 bits per heavy atom. The number of hydrogen-bond acceptors (Lipinski definition) is 7. The molecular formula is C20H19N5O3S. The fraction of sp³-hybridized carbons (Fsp3) is 0.250. The van der Waals surface area contributed by atoms with E-state index >= 15 is 0 Å². The lowest BCUT2D eigenvalue weighted by Gasteiger charge is -2.28. The minimum absolute atomic E-state index is 0.0713. The monoisotopic (exact) mass is 409 g/mol. The predicted molar refractivity (Wildman–Crippen MR) is 108 cm³/mol. The van der Waals surface area contributed by atoms with Gasteiger partial charge in [0, 0.05) is 30.2 Å². The third kappa shape index (κ3) is 4.40. The van der Waals surface area contributed by atoms with Crippen LogP contribution in [0, 0.1) is 0 Å². The van der Waals surface area contributed by atoms with Gasteiger partial charge in [-0.15, -0.1) is 0 Å². The number of carbonyl (C=O) groups is 2. The Balaban J connectivity index is 1.39. The van der Waals surface area contributed by atoms with Crippen LogP contribution in [-0.2, 0) is 17.8 Å². The molecule has 4 rings (SSSR count). The highest BCUT2D eigenvalue weighted by Crippen LogP contribution is 2.29. The van der Waals surface area contributed by atoms with E-state index in [2.05, 4.69) is 20.3 Å². The maximum atomic E-state index is 12.8. The number of nitrogens with zero attached hydrogens (tertiary/aromatic N) is 4. The molecule has 0 spiro atoms. The maximum absolute atomic E-state index is 12.8. The Hall–Kier alpha value is -3.33. The first kappa shape index (κ1) is 19.0. The van der Waals surface area contributed by atoms with Gasteiger partial charge in [0.2, 0.25) is 0 Å². The number of thiazole rings is 1. The lowest BCUT2D eigenvalue weighted by molar-refractivity contribution is -0.138. The number of nitrogens with one attached hydrogen (secondary N) is 1. The summed E-state index contributed by atoms with van der Waals surface area (Å²) >= 11 is 1.37. The number of para-hydroxylation sites is 1. The van der Waals surface area contributed by atoms with E-state index in [1.165, 1.54) is 29.9 Å². The lowest BCUT2D eigenvalue weighted by Crippen LogP contribution is -2.42. The van der Waals surface area contributed by atoms with Gasteiger partial charge in [-0.05, 0) is 19.1 Å². The number of hydrogen-bond donors (Lipinski definition) is 1. The molecule has 0 aliphatic carbocycles. The standard InChI is InChI=1S/C20H19N5O3S/c1-13(28-14-5-3-2-4-6-14)19(27)25-10-7-15-17(12-25)29-20(23-15)24-18(26)16-11-21-8-9-22-16/h2-6,8-9,11,13H,7,10,12H2,1H3,(H,23,24,26). The van der Waals surface area contributed by atoms with E-state index in [1.807, 2.05) is 30.3 Å². The Bertz CT molecular complexity index is 1010. The number of aromatic nitrogens is 3. The SMILES string of the molecule is CC(Oc1ccccc1)C(=O)N1CCc2nc(NC(=O)c3cnccn3)sc2C1. The van der Waals surface area contributed by atoms with Crippen LogP contribution in [0.5, 0.6) is 5.75 Å². The zero-order chi connectivity index (χ0) is 20.2. The summed E-state index contributed by atoms with van der Waals surface area (Å²) < 4.78 is 5.75. The molecule has 1 unspecified atom stereocenters. The molecule has 2 amide bonds. The van der Waals surface area contributed by atoms with Crippen molar-refractivity contribution in [2.24, 2.45) is 0 Å². The Morgan fingerprint density at radius 3 is 2.83 bits per heavy atom. The van der Waals surface area contributed by atoms with E-state index in [0.717, 1.165) is 10.6 Å². The minimum atomic E-state index is -0.581. The largest absolute Gasteiger partial charge is 0.481 e. The number of fused-ring (bicyclic) bond motifs is 1. The van der Waals surface area contributed by atoms with Crippen LogP contribution < -0.4 is 10.1 Å². The number of anilines is 1. The lowest BCUT2D eigenvalue weighted by atomic mass is 10.1. The van der Waals surface area contributed by atoms with Gasteiger partial charge in [0.05, 0.1) is 18.4 Å². The molecule has 1 N–H and O–H groups in total. The van der Waals surface area contributed by atoms with E-state index in [-0.39, 0.29) is 17.5 Å². The van der Waals surface area contributed by atoms with E-state index in [9.17, 15) is 9.59 Å². The van der Waals surface area contributed by atoms with E-state index in [4.69, 9.17) is 4.74 Å². The van der Waals surface area contributed by atoms with Gasteiger partial charge in [0.25, 0.3) is 11.8 Å². The van der Waals surface area contributed by atoms with Crippen molar-refractivity contribution in [3.8, 4) is 5.75 Å². The first-order valence-corrected chi connectivity index (χ1v) is 9.98. The van der Waals surface area contributed by atoms with Gasteiger partial charge in [-0.25, -0.2) is 9.97 Å². The first-order chi connectivity index (χ1) is 14.1. The van der Waals surface area contributed by atoms with Crippen LogP contribution in [-0.4, -0.2) is 44.3 Å². The summed E-state index contributed by atoms with van der Waals surface area (Å²) in [4.78, 5) is 40.1. The summed E-state index contributed by atoms with van der Waals surface area (Å²) in [6.07, 6.45) is 4.42. The number of amides is 2. The molecule has 3 heterocycles. The molecular weight excluding hydrogens is 390 g/mol. The fourth-order valence-corrected chi connectivity index (χ4v) is 4.04. The first-order valence-electron chi connectivity index (χ1n) is 9.16. The van der Waals surface area contributed by atoms with Crippen molar-refractivity contribution in [3.05, 3.63) is 65.2 Å². The zero-order valence-electron chi connectivity index (χ0n) is 15.7. The molecule has 148 valence electrons. The molecule has 1 aliphatic rings. The van der Waals surface area contributed by atoms with Crippen LogP contribution >= 0.6 is 11.3 Å². The number of ether oxygens (including phenoxy) is 1. The van der Waals surface area contributed by atoms with Crippen LogP contribution in [0.2, 0.25) is 0 Å². The Kier molecular flexibility index (Phi) is 5.48. The van der Waals surface area contributed by atoms with Crippen LogP contribution in [0.25, 0.3) is 0 Å². The zero-order valence-corrected chi connectivity index (χ0v) is 16.6. The molecule has 0 saturated carbocycles. The predicted octanol–water partition coefficient (Wildman–Crippen LogP) is 2.54. The molecule has 29 heavy (non-hydrogen) atoms. The Morgan fingerprint density at radius 2 is 2.07 bits per heavy atom. The van der Waals surface area contributed by atoms with Crippen LogP contribution in [0.15, 0.2) is 48.9 Å². The second-order valence-electron chi connectivity index (χ2n) is 6.52. The third-order valence-corrected chi connectivity index (χ3v) is 5.46. The summed E-state index contributed by atoms with van der Waals surface area (Å²) in [6, 6.07) is 9.29. The highest BCUT2D eigenvalue weighted by molar-refractivity contribution is 7.15. The van der Waals surface area contributed by atoms with Gasteiger partial charge in [-0.3, -0.25) is 19.9 Å². The molecule has 3 aromatic rings. The number of carbonyl (C=O) groups excluding carboxylic acids is 2. The molecule has 0 radical (unpaired) electrons. The fourth-order valence-electron chi connectivity index (χ4n) is 3.03. The van der Waals surface area contributed by atoms with Gasteiger partial charge in [0.1, 0.15) is 11.4 Å². The van der Waals surface area contributed by atoms with Crippen molar-refractivity contribution < 1.29 is 14.3 Å². The normalized spacial score (nSPS) is 14.0. The molecule has 9 heteroatoms. The van der Waals surface area contributed by atoms with Gasteiger partial charge in [-0.1, -0.05) is 29.5 Å². The highest BCUT2D eigenvalue weighted by atomic mass is 32.1. The highest BCUT2D eigenvalue weighted by Gasteiger charge is 2.28. The molecule has 2 aromatic heterocycles. The topological polar surface area (TPSA) is 97.3 Å². The van der Waals surface area contributed by atoms with Gasteiger partial charge in [-0.2, -0.15) is 0 Å². The third-order valence-electron chi connectivity index (χ3n) is 4.46. The van der Waals surface area contributed by atoms with Gasteiger partial charge < -0.3 is 9.64 Å². The summed E-state index contributed by atoms with van der Waals surface area (Å²) in [7, 11) is 0. The number of rotatable bonds is 5. The molecule has 0 saturated heterocycles. The van der Waals surface area contributed by atoms with Crippen molar-refractivity contribution >= 4 is 28.3 Å². The summed E-state index contributed by atoms with van der Waals surface area (Å²) in [5, 5.41) is 3.25. The van der Waals surface area contributed by atoms with Crippen molar-refractivity contribution in [2.75, 3.05) is 11.9 Å². The maximum Gasteiger partial charge on any atom is 0.277 e. The molecule has 1 aromatic carbocycles. The molecule has 0 fully saturated rings. The van der Waals surface area contributed by atoms with Crippen LogP contribution in [0.1, 0.15) is 28.0 Å². The van der Waals surface area contributed by atoms with Crippen molar-refractivity contribution in [1.82, 2.24) is 19.9 Å². The smallest absolute Gasteiger partial charge is 0.277 e. The average molecular weight is 409 g/mol. The summed E-state index contributed by atoms with van der Waals surface area (Å²) in [6.45, 7) is 2.77. The van der Waals surface area contributed by atoms with Crippen LogP contribution in [0.4, 0.5) is 5.13 Å². The van der Waals surface area contributed by atoms with Crippen LogP contribution in [0.3, 0.4) is 0 Å². The van der Waals surface area contributed by atoms with Gasteiger partial charge in [0.15, 0.2) is 11.2 Å². The van der Waals surface area contributed by atoms with E-state index in [0.29, 0.717) is 30.4 Å². The summed E-state index contributed by atoms with van der Waals surface area (Å²) in [5.74, 6) is 0.234. The average Bonchev–Trinajstić information content (AvgIpc) is 3.15. The van der Waals surface area contributed by atoms with Crippen molar-refractivity contribution in [1.29, 1.82) is 0 Å². The Labute approximate surface area is 171 Å². The second-order valence-corrected chi connectivity index (χ2v) is 7.60. The quantitative estimate of drug-likeness (QED) is 0.696. The molecule has 1 aliphatic heterocycles. The molecule has 0 bridgehead atoms. The second kappa shape index (κ2) is 8.36. The van der Waals surface area contributed by atoms with E-state index in [1.54, 1.807) is 11.8 Å².